The molecule has 4 unspecified atom stereocenters. The van der Waals surface area contributed by atoms with Gasteiger partial charge in [0.2, 0.25) is 0 Å². The topological polar surface area (TPSA) is 36.5 Å². The van der Waals surface area contributed by atoms with Gasteiger partial charge in [0.05, 0.1) is 5.69 Å². The largest absolute Gasteiger partial charge is 0.489 e. The average Bonchev–Trinajstić information content (AvgIpc) is 3.97. The second-order valence-electron chi connectivity index (χ2n) is 14.4. The Kier molecular flexibility index (Phi) is 9.65. The van der Waals surface area contributed by atoms with Crippen LogP contribution >= 0.6 is 0 Å². The molecule has 4 atom stereocenters. The maximum absolute atomic E-state index is 6.25. The van der Waals surface area contributed by atoms with Crippen molar-refractivity contribution in [3.05, 3.63) is 186 Å². The minimum Gasteiger partial charge on any atom is -0.489 e. The van der Waals surface area contributed by atoms with E-state index in [0.717, 1.165) is 52.4 Å². The second-order valence-corrected chi connectivity index (χ2v) is 14.4. The van der Waals surface area contributed by atoms with Gasteiger partial charge in [-0.2, -0.15) is 0 Å². The Hall–Kier alpha value is -5.58. The molecule has 1 heterocycles. The van der Waals surface area contributed by atoms with Gasteiger partial charge in [-0.25, -0.2) is 0 Å². The van der Waals surface area contributed by atoms with Gasteiger partial charge in [0.15, 0.2) is 0 Å². The Bertz CT molecular complexity index is 2110. The molecule has 1 aliphatic heterocycles. The lowest BCUT2D eigenvalue weighted by atomic mass is 9.91. The smallest absolute Gasteiger partial charge is 0.129 e. The predicted molar refractivity (Wildman–Crippen MR) is 219 cm³/mol. The fraction of sp³-hybridized carbons (Fsp3) is 0.208. The highest BCUT2D eigenvalue weighted by Gasteiger charge is 2.39. The zero-order chi connectivity index (χ0) is 35.4. The standard InChI is InChI=1S/C48H47N3O/c1-33-12-6-5-9-29-52-46-28-27-43(48(47(33)46)50-45-18-11-16-40-31-44(40)45)38-23-21-37(22-24-38)39-15-10-17-42(30-39)49-41-25-19-35(20-26-41)32-51(3)34(2)36-13-7-4-8-14-36/h4-28,34,40,42,44,49-50H,1,29-32H2,2-3H3/b9-5-,12-6-. The molecule has 3 aliphatic carbocycles. The highest BCUT2D eigenvalue weighted by molar-refractivity contribution is 5.94. The van der Waals surface area contributed by atoms with Crippen LogP contribution in [0.1, 0.15) is 48.1 Å². The van der Waals surface area contributed by atoms with Crippen molar-refractivity contribution in [1.29, 1.82) is 0 Å². The van der Waals surface area contributed by atoms with Gasteiger partial charge in [-0.05, 0) is 103 Å². The van der Waals surface area contributed by atoms with E-state index >= 15 is 0 Å². The molecular formula is C48H47N3O. The van der Waals surface area contributed by atoms with Crippen LogP contribution in [0.3, 0.4) is 0 Å². The monoisotopic (exact) mass is 681 g/mol. The fourth-order valence-corrected chi connectivity index (χ4v) is 7.60. The third-order valence-corrected chi connectivity index (χ3v) is 10.8. The summed E-state index contributed by atoms with van der Waals surface area (Å²) in [5, 5.41) is 7.64. The molecule has 0 spiro atoms. The molecule has 1 fully saturated rings. The Morgan fingerprint density at radius 3 is 2.46 bits per heavy atom. The Morgan fingerprint density at radius 2 is 1.63 bits per heavy atom. The third-order valence-electron chi connectivity index (χ3n) is 10.8. The van der Waals surface area contributed by atoms with Gasteiger partial charge in [0.25, 0.3) is 0 Å². The zero-order valence-corrected chi connectivity index (χ0v) is 30.1. The first-order valence-corrected chi connectivity index (χ1v) is 18.6. The van der Waals surface area contributed by atoms with Crippen LogP contribution in [0.5, 0.6) is 5.75 Å². The highest BCUT2D eigenvalue weighted by atomic mass is 16.5. The lowest BCUT2D eigenvalue weighted by Gasteiger charge is -2.25. The van der Waals surface area contributed by atoms with E-state index < -0.39 is 0 Å². The van der Waals surface area contributed by atoms with E-state index in [4.69, 9.17) is 4.74 Å². The normalized spacial score (nSPS) is 22.0. The molecule has 8 rings (SSSR count). The molecule has 0 bridgehead atoms. The van der Waals surface area contributed by atoms with Crippen LogP contribution in [-0.2, 0) is 6.54 Å². The number of benzene rings is 4. The van der Waals surface area contributed by atoms with E-state index in [2.05, 4.69) is 170 Å². The number of hydrogen-bond donors (Lipinski definition) is 2. The second kappa shape index (κ2) is 15.0. The van der Waals surface area contributed by atoms with Crippen LogP contribution in [-0.4, -0.2) is 24.6 Å². The summed E-state index contributed by atoms with van der Waals surface area (Å²) in [5.41, 5.74) is 12.9. The molecule has 0 radical (unpaired) electrons. The first-order valence-electron chi connectivity index (χ1n) is 18.6. The number of rotatable bonds is 10. The van der Waals surface area contributed by atoms with Crippen LogP contribution in [0.2, 0.25) is 0 Å². The van der Waals surface area contributed by atoms with Crippen molar-refractivity contribution in [2.24, 2.45) is 11.8 Å². The number of hydrogen-bond acceptors (Lipinski definition) is 4. The minimum absolute atomic E-state index is 0.220. The molecule has 4 nitrogen and oxygen atoms in total. The Labute approximate surface area is 308 Å². The van der Waals surface area contributed by atoms with Crippen LogP contribution in [0.25, 0.3) is 22.3 Å². The molecule has 52 heavy (non-hydrogen) atoms. The van der Waals surface area contributed by atoms with Crippen molar-refractivity contribution in [3.8, 4) is 16.9 Å². The maximum atomic E-state index is 6.25. The molecule has 260 valence electrons. The molecular weight excluding hydrogens is 635 g/mol. The SMILES string of the molecule is C=C1/C=C\C=C/COc2ccc(-c3ccc(C4=CC=CC(Nc5ccc(CN(C)C(C)c6ccccc6)cc5)C4)cc3)c(NC3=CC=CC4CC34)c21. The van der Waals surface area contributed by atoms with Gasteiger partial charge in [-0.15, -0.1) is 0 Å². The third kappa shape index (κ3) is 7.39. The van der Waals surface area contributed by atoms with E-state index in [1.54, 1.807) is 0 Å². The van der Waals surface area contributed by atoms with Crippen LogP contribution in [0.15, 0.2) is 164 Å². The molecule has 4 aliphatic rings. The Morgan fingerprint density at radius 1 is 0.846 bits per heavy atom. The average molecular weight is 682 g/mol. The van der Waals surface area contributed by atoms with Crippen molar-refractivity contribution in [3.63, 3.8) is 0 Å². The van der Waals surface area contributed by atoms with Crippen molar-refractivity contribution >= 4 is 22.5 Å². The first-order chi connectivity index (χ1) is 25.5. The van der Waals surface area contributed by atoms with E-state index in [1.165, 1.54) is 34.4 Å². The zero-order valence-electron chi connectivity index (χ0n) is 30.1. The number of allylic oxidation sites excluding steroid dienone is 10. The Balaban J connectivity index is 0.968. The fourth-order valence-electron chi connectivity index (χ4n) is 7.60. The van der Waals surface area contributed by atoms with Crippen LogP contribution in [0, 0.1) is 11.8 Å². The van der Waals surface area contributed by atoms with Crippen molar-refractivity contribution in [2.75, 3.05) is 24.3 Å². The summed E-state index contributed by atoms with van der Waals surface area (Å²) in [6.07, 6.45) is 23.7. The van der Waals surface area contributed by atoms with E-state index in [9.17, 15) is 0 Å². The summed E-state index contributed by atoms with van der Waals surface area (Å²) < 4.78 is 6.25. The van der Waals surface area contributed by atoms with Crippen LogP contribution in [0.4, 0.5) is 11.4 Å². The molecule has 4 heteroatoms. The molecule has 4 aromatic rings. The maximum Gasteiger partial charge on any atom is 0.129 e. The van der Waals surface area contributed by atoms with E-state index in [0.29, 0.717) is 24.5 Å². The summed E-state index contributed by atoms with van der Waals surface area (Å²) in [4.78, 5) is 2.39. The highest BCUT2D eigenvalue weighted by Crippen LogP contribution is 2.49. The lowest BCUT2D eigenvalue weighted by Crippen LogP contribution is -2.22. The first kappa shape index (κ1) is 33.6. The number of nitrogens with one attached hydrogen (secondary N) is 2. The number of anilines is 2. The summed E-state index contributed by atoms with van der Waals surface area (Å²) in [7, 11) is 2.19. The molecule has 1 saturated carbocycles. The van der Waals surface area contributed by atoms with Gasteiger partial charge in [0.1, 0.15) is 12.4 Å². The van der Waals surface area contributed by atoms with Crippen molar-refractivity contribution in [1.82, 2.24) is 4.90 Å². The molecule has 0 amide bonds. The number of fused-ring (bicyclic) bond motifs is 2. The van der Waals surface area contributed by atoms with Crippen molar-refractivity contribution < 1.29 is 4.74 Å². The quantitative estimate of drug-likeness (QED) is 0.175. The molecule has 4 aromatic carbocycles. The summed E-state index contributed by atoms with van der Waals surface area (Å²) in [6.45, 7) is 8.15. The van der Waals surface area contributed by atoms with Crippen LogP contribution < -0.4 is 15.4 Å². The summed E-state index contributed by atoms with van der Waals surface area (Å²) in [6, 6.07) is 33.5. The summed E-state index contributed by atoms with van der Waals surface area (Å²) in [5.74, 6) is 2.05. The molecule has 0 saturated heterocycles. The minimum atomic E-state index is 0.220. The van der Waals surface area contributed by atoms with Gasteiger partial charge in [0, 0.05) is 47.1 Å². The van der Waals surface area contributed by atoms with Gasteiger partial charge >= 0.3 is 0 Å². The number of ether oxygens (including phenoxy) is 1. The van der Waals surface area contributed by atoms with Crippen molar-refractivity contribution in [2.45, 2.75) is 38.4 Å². The molecule has 0 aromatic heterocycles. The summed E-state index contributed by atoms with van der Waals surface area (Å²) >= 11 is 0. The lowest BCUT2D eigenvalue weighted by molar-refractivity contribution is 0.253. The van der Waals surface area contributed by atoms with Gasteiger partial charge in [-0.1, -0.05) is 122 Å². The van der Waals surface area contributed by atoms with E-state index in [1.807, 2.05) is 18.2 Å². The predicted octanol–water partition coefficient (Wildman–Crippen LogP) is 11.4. The number of nitrogens with zero attached hydrogens (tertiary/aromatic N) is 1. The van der Waals surface area contributed by atoms with Gasteiger partial charge < -0.3 is 15.4 Å². The molecule has 2 N–H and O–H groups in total. The van der Waals surface area contributed by atoms with E-state index in [-0.39, 0.29) is 6.04 Å². The van der Waals surface area contributed by atoms with Gasteiger partial charge in [-0.3, -0.25) is 4.90 Å².